The topological polar surface area (TPSA) is 98.1 Å². The van der Waals surface area contributed by atoms with Crippen molar-refractivity contribution in [3.8, 4) is 5.69 Å². The summed E-state index contributed by atoms with van der Waals surface area (Å²) >= 11 is 0. The van der Waals surface area contributed by atoms with Gasteiger partial charge in [-0.15, -0.1) is 0 Å². The third kappa shape index (κ3) is 4.30. The number of anilines is 1. The van der Waals surface area contributed by atoms with E-state index in [-0.39, 0.29) is 16.3 Å². The van der Waals surface area contributed by atoms with E-state index >= 15 is 0 Å². The summed E-state index contributed by atoms with van der Waals surface area (Å²) < 4.78 is 52.3. The minimum atomic E-state index is -3.91. The molecule has 0 spiro atoms. The minimum absolute atomic E-state index is 0.0180. The summed E-state index contributed by atoms with van der Waals surface area (Å²) in [6.45, 7) is 0. The highest BCUT2D eigenvalue weighted by Gasteiger charge is 2.19. The van der Waals surface area contributed by atoms with Crippen LogP contribution in [0.3, 0.4) is 0 Å². The Bertz CT molecular complexity index is 1120. The molecule has 7 nitrogen and oxygen atoms in total. The number of hydrogen-bond donors (Lipinski definition) is 1. The Morgan fingerprint density at radius 3 is 2.31 bits per heavy atom. The lowest BCUT2D eigenvalue weighted by Crippen LogP contribution is -2.14. The van der Waals surface area contributed by atoms with Gasteiger partial charge in [0.25, 0.3) is 10.0 Å². The smallest absolute Gasteiger partial charge is 0.265 e. The molecular weight excluding hydrogens is 374 g/mol. The monoisotopic (exact) mass is 391 g/mol. The highest BCUT2D eigenvalue weighted by atomic mass is 32.2. The average molecular weight is 391 g/mol. The number of sulfonamides is 1. The van der Waals surface area contributed by atoms with E-state index in [0.29, 0.717) is 5.56 Å². The van der Waals surface area contributed by atoms with Crippen LogP contribution in [0.25, 0.3) is 5.69 Å². The zero-order chi connectivity index (χ0) is 18.8. The van der Waals surface area contributed by atoms with Crippen LogP contribution in [0.1, 0.15) is 5.56 Å². The molecule has 0 atom stereocenters. The SMILES string of the molecule is CS(=O)(=O)Cc1ccccc1NS(=O)(=O)c1cnn(-c2ccccc2)c1. The first-order valence-electron chi connectivity index (χ1n) is 7.63. The van der Waals surface area contributed by atoms with Crippen molar-refractivity contribution >= 4 is 25.5 Å². The number of rotatable bonds is 6. The summed E-state index contributed by atoms with van der Waals surface area (Å²) in [6, 6.07) is 15.5. The van der Waals surface area contributed by atoms with Gasteiger partial charge in [-0.25, -0.2) is 21.5 Å². The first-order chi connectivity index (χ1) is 12.2. The molecule has 0 saturated carbocycles. The Morgan fingerprint density at radius 2 is 1.62 bits per heavy atom. The molecule has 0 saturated heterocycles. The van der Waals surface area contributed by atoms with Crippen molar-refractivity contribution in [3.05, 3.63) is 72.6 Å². The molecule has 0 unspecified atom stereocenters. The number of hydrogen-bond acceptors (Lipinski definition) is 5. The lowest BCUT2D eigenvalue weighted by atomic mass is 10.2. The van der Waals surface area contributed by atoms with Crippen molar-refractivity contribution < 1.29 is 16.8 Å². The maximum Gasteiger partial charge on any atom is 0.265 e. The normalized spacial score (nSPS) is 12.0. The Labute approximate surface area is 152 Å². The van der Waals surface area contributed by atoms with Crippen LogP contribution in [0.15, 0.2) is 71.9 Å². The van der Waals surface area contributed by atoms with Gasteiger partial charge in [-0.1, -0.05) is 36.4 Å². The van der Waals surface area contributed by atoms with Gasteiger partial charge in [-0.3, -0.25) is 4.72 Å². The summed E-state index contributed by atoms with van der Waals surface area (Å²) in [5, 5.41) is 4.08. The number of benzene rings is 2. The van der Waals surface area contributed by atoms with Crippen molar-refractivity contribution in [2.75, 3.05) is 11.0 Å². The van der Waals surface area contributed by atoms with E-state index in [2.05, 4.69) is 9.82 Å². The molecule has 1 aromatic heterocycles. The molecule has 0 radical (unpaired) electrons. The maximum atomic E-state index is 12.7. The van der Waals surface area contributed by atoms with Crippen molar-refractivity contribution in [3.63, 3.8) is 0 Å². The van der Waals surface area contributed by atoms with E-state index in [1.807, 2.05) is 18.2 Å². The van der Waals surface area contributed by atoms with Crippen LogP contribution in [0.4, 0.5) is 5.69 Å². The quantitative estimate of drug-likeness (QED) is 0.695. The third-order valence-electron chi connectivity index (χ3n) is 3.57. The van der Waals surface area contributed by atoms with Crippen LogP contribution in [-0.2, 0) is 25.6 Å². The Balaban J connectivity index is 1.90. The zero-order valence-corrected chi connectivity index (χ0v) is 15.5. The number of nitrogens with zero attached hydrogens (tertiary/aromatic N) is 2. The van der Waals surface area contributed by atoms with Gasteiger partial charge in [0, 0.05) is 6.26 Å². The molecule has 0 aliphatic carbocycles. The van der Waals surface area contributed by atoms with Crippen LogP contribution >= 0.6 is 0 Å². The zero-order valence-electron chi connectivity index (χ0n) is 13.9. The molecule has 0 fully saturated rings. The van der Waals surface area contributed by atoms with Crippen molar-refractivity contribution in [1.82, 2.24) is 9.78 Å². The van der Waals surface area contributed by atoms with Crippen molar-refractivity contribution in [2.45, 2.75) is 10.6 Å². The molecule has 1 heterocycles. The van der Waals surface area contributed by atoms with E-state index in [4.69, 9.17) is 0 Å². The van der Waals surface area contributed by atoms with E-state index in [1.54, 1.807) is 30.3 Å². The second-order valence-electron chi connectivity index (χ2n) is 5.79. The van der Waals surface area contributed by atoms with Crippen molar-refractivity contribution in [1.29, 1.82) is 0 Å². The van der Waals surface area contributed by atoms with E-state index in [0.717, 1.165) is 11.9 Å². The number of aromatic nitrogens is 2. The molecule has 1 N–H and O–H groups in total. The lowest BCUT2D eigenvalue weighted by molar-refractivity contribution is 0.598. The summed E-state index contributed by atoms with van der Waals surface area (Å²) in [6.07, 6.45) is 3.74. The standard InChI is InChI=1S/C17H17N3O4S2/c1-25(21,22)13-14-7-5-6-10-17(14)19-26(23,24)16-11-18-20(12-16)15-8-3-2-4-9-15/h2-12,19H,13H2,1H3. The molecule has 0 aliphatic heterocycles. The third-order valence-corrected chi connectivity index (χ3v) is 5.72. The highest BCUT2D eigenvalue weighted by molar-refractivity contribution is 7.92. The van der Waals surface area contributed by atoms with Crippen LogP contribution < -0.4 is 4.72 Å². The molecule has 136 valence electrons. The Kier molecular flexibility index (Phi) is 4.84. The number of nitrogens with one attached hydrogen (secondary N) is 1. The van der Waals surface area contributed by atoms with Gasteiger partial charge < -0.3 is 0 Å². The molecular formula is C17H17N3O4S2. The Hall–Kier alpha value is -2.65. The molecule has 9 heteroatoms. The second kappa shape index (κ2) is 6.93. The van der Waals surface area contributed by atoms with Crippen LogP contribution in [0.2, 0.25) is 0 Å². The predicted octanol–water partition coefficient (Wildman–Crippen LogP) is 2.22. The molecule has 3 aromatic rings. The van der Waals surface area contributed by atoms with Gasteiger partial charge in [0.05, 0.1) is 29.5 Å². The summed E-state index contributed by atoms with van der Waals surface area (Å²) in [5.74, 6) is -0.255. The summed E-state index contributed by atoms with van der Waals surface area (Å²) in [5.41, 5.74) is 1.34. The first kappa shape index (κ1) is 18.2. The van der Waals surface area contributed by atoms with E-state index in [1.165, 1.54) is 23.1 Å². The summed E-state index contributed by atoms with van der Waals surface area (Å²) in [7, 11) is -7.21. The minimum Gasteiger partial charge on any atom is -0.279 e. The fourth-order valence-corrected chi connectivity index (χ4v) is 4.25. The van der Waals surface area contributed by atoms with Crippen LogP contribution in [-0.4, -0.2) is 32.9 Å². The molecule has 3 rings (SSSR count). The van der Waals surface area contributed by atoms with Gasteiger partial charge in [0.2, 0.25) is 0 Å². The van der Waals surface area contributed by atoms with Crippen molar-refractivity contribution in [2.24, 2.45) is 0 Å². The average Bonchev–Trinajstić information content (AvgIpc) is 3.07. The number of sulfone groups is 1. The largest absolute Gasteiger partial charge is 0.279 e. The second-order valence-corrected chi connectivity index (χ2v) is 9.61. The number of para-hydroxylation sites is 2. The van der Waals surface area contributed by atoms with Gasteiger partial charge in [-0.2, -0.15) is 5.10 Å². The molecule has 0 aliphatic rings. The van der Waals surface area contributed by atoms with Gasteiger partial charge in [0.1, 0.15) is 4.90 Å². The fourth-order valence-electron chi connectivity index (χ4n) is 2.40. The van der Waals surface area contributed by atoms with Crippen LogP contribution in [0.5, 0.6) is 0 Å². The molecule has 0 bridgehead atoms. The van der Waals surface area contributed by atoms with Gasteiger partial charge in [-0.05, 0) is 23.8 Å². The summed E-state index contributed by atoms with van der Waals surface area (Å²) in [4.78, 5) is -0.0180. The predicted molar refractivity (Wildman–Crippen MR) is 99.4 cm³/mol. The highest BCUT2D eigenvalue weighted by Crippen LogP contribution is 2.22. The maximum absolute atomic E-state index is 12.7. The fraction of sp³-hybridized carbons (Fsp3) is 0.118. The Morgan fingerprint density at radius 1 is 0.962 bits per heavy atom. The van der Waals surface area contributed by atoms with Gasteiger partial charge >= 0.3 is 0 Å². The van der Waals surface area contributed by atoms with Gasteiger partial charge in [0.15, 0.2) is 9.84 Å². The molecule has 26 heavy (non-hydrogen) atoms. The molecule has 0 amide bonds. The molecule has 2 aromatic carbocycles. The lowest BCUT2D eigenvalue weighted by Gasteiger charge is -2.11. The van der Waals surface area contributed by atoms with Crippen LogP contribution in [0, 0.1) is 0 Å². The van der Waals surface area contributed by atoms with E-state index < -0.39 is 19.9 Å². The van der Waals surface area contributed by atoms with E-state index in [9.17, 15) is 16.8 Å². The first-order valence-corrected chi connectivity index (χ1v) is 11.2.